The summed E-state index contributed by atoms with van der Waals surface area (Å²) >= 11 is 7.13. The van der Waals surface area contributed by atoms with Crippen molar-refractivity contribution < 1.29 is 9.53 Å². The molecule has 2 aromatic carbocycles. The maximum Gasteiger partial charge on any atom is 0.225 e. The van der Waals surface area contributed by atoms with E-state index in [4.69, 9.17) is 16.3 Å². The molecule has 0 bridgehead atoms. The highest BCUT2D eigenvalue weighted by atomic mass is 35.5. The fraction of sp³-hybridized carbons (Fsp3) is 0.0714. The molecule has 0 spiro atoms. The molecule has 0 atom stereocenters. The van der Waals surface area contributed by atoms with Crippen LogP contribution in [0, 0.1) is 0 Å². The summed E-state index contributed by atoms with van der Waals surface area (Å²) in [6.07, 6.45) is 0. The van der Waals surface area contributed by atoms with Crippen molar-refractivity contribution in [1.82, 2.24) is 0 Å². The maximum atomic E-state index is 12.0. The van der Waals surface area contributed by atoms with E-state index in [0.717, 1.165) is 22.4 Å². The fourth-order valence-electron chi connectivity index (χ4n) is 1.43. The van der Waals surface area contributed by atoms with Gasteiger partial charge in [-0.05, 0) is 48.2 Å². The summed E-state index contributed by atoms with van der Waals surface area (Å²) in [5.41, 5.74) is 0.528. The highest BCUT2D eigenvalue weighted by molar-refractivity contribution is 8.14. The quantitative estimate of drug-likeness (QED) is 0.784. The average molecular weight is 279 g/mol. The summed E-state index contributed by atoms with van der Waals surface area (Å²) in [7, 11) is 1.61. The van der Waals surface area contributed by atoms with Crippen molar-refractivity contribution in [3.05, 3.63) is 59.1 Å². The molecule has 2 nitrogen and oxygen atoms in total. The van der Waals surface area contributed by atoms with Crippen molar-refractivity contribution in [2.45, 2.75) is 4.90 Å². The molecule has 0 aromatic heterocycles. The van der Waals surface area contributed by atoms with Gasteiger partial charge in [0.1, 0.15) is 5.75 Å². The molecule has 92 valence electrons. The van der Waals surface area contributed by atoms with Crippen LogP contribution in [0.2, 0.25) is 5.02 Å². The molecule has 4 heteroatoms. The molecule has 0 heterocycles. The van der Waals surface area contributed by atoms with E-state index in [2.05, 4.69) is 0 Å². The number of rotatable bonds is 3. The van der Waals surface area contributed by atoms with Crippen molar-refractivity contribution in [2.24, 2.45) is 0 Å². The van der Waals surface area contributed by atoms with Gasteiger partial charge in [-0.1, -0.05) is 23.7 Å². The first kappa shape index (κ1) is 13.0. The molecule has 2 aromatic rings. The van der Waals surface area contributed by atoms with Gasteiger partial charge in [-0.15, -0.1) is 0 Å². The van der Waals surface area contributed by atoms with Gasteiger partial charge in [0.15, 0.2) is 0 Å². The van der Waals surface area contributed by atoms with Crippen LogP contribution in [0.4, 0.5) is 0 Å². The first-order valence-corrected chi connectivity index (χ1v) is 6.51. The van der Waals surface area contributed by atoms with Crippen molar-refractivity contribution in [2.75, 3.05) is 7.11 Å². The zero-order chi connectivity index (χ0) is 13.0. The lowest BCUT2D eigenvalue weighted by Crippen LogP contribution is -1.94. The average Bonchev–Trinajstić information content (AvgIpc) is 2.40. The predicted octanol–water partition coefficient (Wildman–Crippen LogP) is 4.28. The van der Waals surface area contributed by atoms with Crippen LogP contribution in [0.15, 0.2) is 53.4 Å². The standard InChI is InChI=1S/C14H11ClO2S/c1-17-10-6-8-11(9-7-10)18-14(16)12-4-2-3-5-13(12)15/h2-9H,1H3. The Morgan fingerprint density at radius 3 is 2.39 bits per heavy atom. The maximum absolute atomic E-state index is 12.0. The molecule has 2 rings (SSSR count). The van der Waals surface area contributed by atoms with Crippen molar-refractivity contribution in [3.63, 3.8) is 0 Å². The van der Waals surface area contributed by atoms with Crippen molar-refractivity contribution >= 4 is 28.5 Å². The molecule has 0 aliphatic rings. The Morgan fingerprint density at radius 2 is 1.78 bits per heavy atom. The van der Waals surface area contributed by atoms with Gasteiger partial charge in [0.25, 0.3) is 0 Å². The number of hydrogen-bond acceptors (Lipinski definition) is 3. The number of ether oxygens (including phenoxy) is 1. The minimum atomic E-state index is -0.0641. The van der Waals surface area contributed by atoms with Gasteiger partial charge in [0, 0.05) is 10.5 Å². The number of carbonyl (C=O) groups is 1. The molecule has 0 fully saturated rings. The van der Waals surface area contributed by atoms with E-state index in [1.54, 1.807) is 31.4 Å². The van der Waals surface area contributed by atoms with Gasteiger partial charge in [-0.25, -0.2) is 0 Å². The van der Waals surface area contributed by atoms with Gasteiger partial charge < -0.3 is 4.74 Å². The van der Waals surface area contributed by atoms with E-state index >= 15 is 0 Å². The van der Waals surface area contributed by atoms with Crippen molar-refractivity contribution in [3.8, 4) is 5.75 Å². The monoisotopic (exact) mass is 278 g/mol. The Labute approximate surface area is 115 Å². The van der Waals surface area contributed by atoms with Gasteiger partial charge in [-0.3, -0.25) is 4.79 Å². The topological polar surface area (TPSA) is 26.3 Å². The summed E-state index contributed by atoms with van der Waals surface area (Å²) in [5.74, 6) is 0.768. The predicted molar refractivity (Wildman–Crippen MR) is 74.6 cm³/mol. The van der Waals surface area contributed by atoms with Crippen LogP contribution in [0.3, 0.4) is 0 Å². The molecule has 0 aliphatic carbocycles. The second kappa shape index (κ2) is 5.94. The first-order chi connectivity index (χ1) is 8.70. The Balaban J connectivity index is 2.14. The van der Waals surface area contributed by atoms with Gasteiger partial charge in [0.05, 0.1) is 12.1 Å². The highest BCUT2D eigenvalue weighted by Crippen LogP contribution is 2.27. The van der Waals surface area contributed by atoms with Crippen LogP contribution < -0.4 is 4.74 Å². The van der Waals surface area contributed by atoms with Gasteiger partial charge in [-0.2, -0.15) is 0 Å². The smallest absolute Gasteiger partial charge is 0.225 e. The molecule has 0 saturated heterocycles. The Hall–Kier alpha value is -1.45. The Kier molecular flexibility index (Phi) is 4.28. The summed E-state index contributed by atoms with van der Waals surface area (Å²) in [5, 5.41) is 0.411. The number of methoxy groups -OCH3 is 1. The zero-order valence-electron chi connectivity index (χ0n) is 9.72. The van der Waals surface area contributed by atoms with Crippen LogP contribution in [0.5, 0.6) is 5.75 Å². The number of halogens is 1. The van der Waals surface area contributed by atoms with Gasteiger partial charge >= 0.3 is 0 Å². The molecule has 18 heavy (non-hydrogen) atoms. The van der Waals surface area contributed by atoms with Crippen LogP contribution in [-0.4, -0.2) is 12.2 Å². The second-order valence-electron chi connectivity index (χ2n) is 3.54. The van der Waals surface area contributed by atoms with E-state index in [0.29, 0.717) is 10.6 Å². The minimum Gasteiger partial charge on any atom is -0.497 e. The molecular formula is C14H11ClO2S. The Bertz CT molecular complexity index is 552. The SMILES string of the molecule is COc1ccc(SC(=O)c2ccccc2Cl)cc1. The summed E-state index contributed by atoms with van der Waals surface area (Å²) in [4.78, 5) is 12.9. The third-order valence-corrected chi connectivity index (χ3v) is 3.61. The lowest BCUT2D eigenvalue weighted by atomic mass is 10.2. The number of carbonyl (C=O) groups excluding carboxylic acids is 1. The minimum absolute atomic E-state index is 0.0641. The molecule has 0 unspecified atom stereocenters. The number of thioether (sulfide) groups is 1. The van der Waals surface area contributed by atoms with Crippen LogP contribution in [-0.2, 0) is 0 Å². The van der Waals surface area contributed by atoms with Gasteiger partial charge in [0.2, 0.25) is 5.12 Å². The molecule has 0 amide bonds. The van der Waals surface area contributed by atoms with Crippen LogP contribution >= 0.6 is 23.4 Å². The van der Waals surface area contributed by atoms with E-state index in [1.807, 2.05) is 24.3 Å². The second-order valence-corrected chi connectivity index (χ2v) is 5.00. The van der Waals surface area contributed by atoms with Crippen LogP contribution in [0.25, 0.3) is 0 Å². The fourth-order valence-corrected chi connectivity index (χ4v) is 2.48. The number of hydrogen-bond donors (Lipinski definition) is 0. The molecule has 0 saturated carbocycles. The van der Waals surface area contributed by atoms with E-state index in [9.17, 15) is 4.79 Å². The summed E-state index contributed by atoms with van der Waals surface area (Å²) in [6.45, 7) is 0. The van der Waals surface area contributed by atoms with Crippen molar-refractivity contribution in [1.29, 1.82) is 0 Å². The molecular weight excluding hydrogens is 268 g/mol. The molecule has 0 aliphatic heterocycles. The van der Waals surface area contributed by atoms with E-state index in [-0.39, 0.29) is 5.12 Å². The van der Waals surface area contributed by atoms with E-state index in [1.165, 1.54) is 0 Å². The summed E-state index contributed by atoms with van der Waals surface area (Å²) in [6, 6.07) is 14.4. The lowest BCUT2D eigenvalue weighted by molar-refractivity contribution is 0.108. The largest absolute Gasteiger partial charge is 0.497 e. The molecule has 0 N–H and O–H groups in total. The zero-order valence-corrected chi connectivity index (χ0v) is 11.3. The third-order valence-electron chi connectivity index (χ3n) is 2.36. The lowest BCUT2D eigenvalue weighted by Gasteiger charge is -2.04. The molecule has 0 radical (unpaired) electrons. The first-order valence-electron chi connectivity index (χ1n) is 5.31. The third kappa shape index (κ3) is 3.06. The van der Waals surface area contributed by atoms with E-state index < -0.39 is 0 Å². The summed E-state index contributed by atoms with van der Waals surface area (Å²) < 4.78 is 5.06. The normalized spacial score (nSPS) is 10.1. The van der Waals surface area contributed by atoms with Crippen LogP contribution in [0.1, 0.15) is 10.4 Å². The Morgan fingerprint density at radius 1 is 1.11 bits per heavy atom. The number of benzene rings is 2. The highest BCUT2D eigenvalue weighted by Gasteiger charge is 2.11.